The molecule has 1 amide bonds. The Morgan fingerprint density at radius 2 is 1.79 bits per heavy atom. The van der Waals surface area contributed by atoms with Gasteiger partial charge in [-0.15, -0.1) is 11.7 Å². The molecule has 2 heterocycles. The molecule has 4 rings (SSSR count). The third-order valence-corrected chi connectivity index (χ3v) is 5.61. The molecule has 168 valence electrons. The fraction of sp³-hybridized carbons (Fsp3) is 0.231. The second-order valence-corrected chi connectivity index (χ2v) is 7.90. The fourth-order valence-electron chi connectivity index (χ4n) is 3.86. The topological polar surface area (TPSA) is 81.3 Å². The Labute approximate surface area is 192 Å². The van der Waals surface area contributed by atoms with Crippen molar-refractivity contribution in [1.29, 1.82) is 0 Å². The summed E-state index contributed by atoms with van der Waals surface area (Å²) in [7, 11) is 0. The second-order valence-electron chi connectivity index (χ2n) is 7.90. The van der Waals surface area contributed by atoms with E-state index >= 15 is 0 Å². The normalized spacial score (nSPS) is 10.9. The number of allylic oxidation sites excluding steroid dienone is 1. The van der Waals surface area contributed by atoms with E-state index in [1.807, 2.05) is 60.0 Å². The SMILES string of the molecule is C=CCn1c(C)c(CC(=O)NCCCc2ccccc2)c(=O)n2nc(-c3ccccc3)nc12. The van der Waals surface area contributed by atoms with E-state index in [1.165, 1.54) is 10.1 Å². The zero-order valence-electron chi connectivity index (χ0n) is 18.7. The standard InChI is InChI=1S/C26H27N5O2/c1-3-17-30-19(2)22(18-23(32)27-16-10-13-20-11-6-4-7-12-20)25(33)31-26(30)28-24(29-31)21-14-8-5-9-15-21/h3-9,11-12,14-15H,1,10,13,16-18H2,2H3,(H,27,32). The summed E-state index contributed by atoms with van der Waals surface area (Å²) < 4.78 is 3.16. The molecule has 0 atom stereocenters. The van der Waals surface area contributed by atoms with Crippen LogP contribution in [0, 0.1) is 6.92 Å². The Morgan fingerprint density at radius 3 is 2.48 bits per heavy atom. The number of carbonyl (C=O) groups is 1. The van der Waals surface area contributed by atoms with Gasteiger partial charge in [0.2, 0.25) is 11.7 Å². The molecule has 7 nitrogen and oxygen atoms in total. The van der Waals surface area contributed by atoms with Crippen molar-refractivity contribution in [2.75, 3.05) is 6.54 Å². The summed E-state index contributed by atoms with van der Waals surface area (Å²) in [5.41, 5.74) is 2.84. The smallest absolute Gasteiger partial charge is 0.279 e. The van der Waals surface area contributed by atoms with Gasteiger partial charge in [-0.2, -0.15) is 9.50 Å². The zero-order chi connectivity index (χ0) is 23.2. The van der Waals surface area contributed by atoms with Crippen LogP contribution < -0.4 is 10.9 Å². The lowest BCUT2D eigenvalue weighted by Crippen LogP contribution is -2.32. The van der Waals surface area contributed by atoms with Gasteiger partial charge < -0.3 is 9.88 Å². The van der Waals surface area contributed by atoms with Crippen molar-refractivity contribution in [2.45, 2.75) is 32.7 Å². The monoisotopic (exact) mass is 441 g/mol. The third-order valence-electron chi connectivity index (χ3n) is 5.61. The highest BCUT2D eigenvalue weighted by Crippen LogP contribution is 2.17. The van der Waals surface area contributed by atoms with Crippen LogP contribution in [0.25, 0.3) is 17.2 Å². The van der Waals surface area contributed by atoms with E-state index in [9.17, 15) is 9.59 Å². The Morgan fingerprint density at radius 1 is 1.09 bits per heavy atom. The summed E-state index contributed by atoms with van der Waals surface area (Å²) in [5, 5.41) is 7.38. The van der Waals surface area contributed by atoms with E-state index in [4.69, 9.17) is 0 Å². The van der Waals surface area contributed by atoms with Gasteiger partial charge in [-0.05, 0) is 25.3 Å². The van der Waals surface area contributed by atoms with E-state index < -0.39 is 0 Å². The zero-order valence-corrected chi connectivity index (χ0v) is 18.7. The first kappa shape index (κ1) is 22.2. The number of nitrogens with zero attached hydrogens (tertiary/aromatic N) is 4. The van der Waals surface area contributed by atoms with Gasteiger partial charge >= 0.3 is 0 Å². The van der Waals surface area contributed by atoms with Crippen LogP contribution in [0.2, 0.25) is 0 Å². The van der Waals surface area contributed by atoms with E-state index in [2.05, 4.69) is 34.1 Å². The Kier molecular flexibility index (Phi) is 6.78. The maximum atomic E-state index is 13.2. The van der Waals surface area contributed by atoms with Gasteiger partial charge in [0.15, 0.2) is 5.82 Å². The molecule has 1 N–H and O–H groups in total. The first-order chi connectivity index (χ1) is 16.1. The van der Waals surface area contributed by atoms with Crippen LogP contribution >= 0.6 is 0 Å². The number of benzene rings is 2. The van der Waals surface area contributed by atoms with Crippen LogP contribution in [0.3, 0.4) is 0 Å². The molecule has 4 aromatic rings. The summed E-state index contributed by atoms with van der Waals surface area (Å²) >= 11 is 0. The molecule has 2 aromatic carbocycles. The molecule has 0 spiro atoms. The first-order valence-corrected chi connectivity index (χ1v) is 11.0. The van der Waals surface area contributed by atoms with Crippen LogP contribution in [-0.2, 0) is 24.2 Å². The maximum absolute atomic E-state index is 13.2. The third kappa shape index (κ3) is 4.92. The molecule has 0 saturated carbocycles. The molecule has 0 bridgehead atoms. The number of hydrogen-bond donors (Lipinski definition) is 1. The molecule has 0 saturated heterocycles. The Hall–Kier alpha value is -4.00. The summed E-state index contributed by atoms with van der Waals surface area (Å²) in [5.74, 6) is 0.715. The minimum Gasteiger partial charge on any atom is -0.356 e. The maximum Gasteiger partial charge on any atom is 0.279 e. The highest BCUT2D eigenvalue weighted by molar-refractivity contribution is 5.78. The van der Waals surface area contributed by atoms with Gasteiger partial charge in [0.25, 0.3) is 5.56 Å². The van der Waals surface area contributed by atoms with Gasteiger partial charge in [0, 0.05) is 29.9 Å². The highest BCUT2D eigenvalue weighted by atomic mass is 16.2. The summed E-state index contributed by atoms with van der Waals surface area (Å²) in [6.07, 6.45) is 3.45. The van der Waals surface area contributed by atoms with E-state index in [-0.39, 0.29) is 17.9 Å². The first-order valence-electron chi connectivity index (χ1n) is 11.0. The van der Waals surface area contributed by atoms with Gasteiger partial charge in [0.05, 0.1) is 6.42 Å². The van der Waals surface area contributed by atoms with Gasteiger partial charge in [0.1, 0.15) is 0 Å². The number of nitrogens with one attached hydrogen (secondary N) is 1. The predicted molar refractivity (Wildman–Crippen MR) is 129 cm³/mol. The average Bonchev–Trinajstić information content (AvgIpc) is 3.29. The van der Waals surface area contributed by atoms with Crippen LogP contribution in [0.15, 0.2) is 78.1 Å². The van der Waals surface area contributed by atoms with E-state index in [0.717, 1.165) is 18.4 Å². The molecule has 0 fully saturated rings. The number of amides is 1. The minimum absolute atomic E-state index is 0.0103. The molecule has 2 aromatic heterocycles. The predicted octanol–water partition coefficient (Wildman–Crippen LogP) is 3.34. The largest absolute Gasteiger partial charge is 0.356 e. The molecule has 7 heteroatoms. The van der Waals surface area contributed by atoms with Gasteiger partial charge in [-0.1, -0.05) is 66.7 Å². The summed E-state index contributed by atoms with van der Waals surface area (Å²) in [6.45, 7) is 6.66. The average molecular weight is 442 g/mol. The highest BCUT2D eigenvalue weighted by Gasteiger charge is 2.20. The lowest BCUT2D eigenvalue weighted by Gasteiger charge is -2.14. The van der Waals surface area contributed by atoms with Crippen LogP contribution in [0.5, 0.6) is 0 Å². The van der Waals surface area contributed by atoms with Crippen molar-refractivity contribution in [3.8, 4) is 11.4 Å². The lowest BCUT2D eigenvalue weighted by molar-refractivity contribution is -0.120. The minimum atomic E-state index is -0.322. The fourth-order valence-corrected chi connectivity index (χ4v) is 3.86. The molecular formula is C26H27N5O2. The summed E-state index contributed by atoms with van der Waals surface area (Å²) in [4.78, 5) is 30.5. The quantitative estimate of drug-likeness (QED) is 0.319. The molecule has 0 aliphatic heterocycles. The van der Waals surface area contributed by atoms with Crippen molar-refractivity contribution >= 4 is 11.7 Å². The Balaban J connectivity index is 1.55. The molecule has 0 unspecified atom stereocenters. The number of hydrogen-bond acceptors (Lipinski definition) is 4. The van der Waals surface area contributed by atoms with Crippen molar-refractivity contribution in [1.82, 2.24) is 24.5 Å². The van der Waals surface area contributed by atoms with Crippen LogP contribution in [0.4, 0.5) is 0 Å². The lowest BCUT2D eigenvalue weighted by atomic mass is 10.1. The van der Waals surface area contributed by atoms with Crippen LogP contribution in [0.1, 0.15) is 23.2 Å². The number of aryl methyl sites for hydroxylation is 1. The van der Waals surface area contributed by atoms with Crippen LogP contribution in [-0.4, -0.2) is 31.6 Å². The molecule has 0 aliphatic rings. The van der Waals surface area contributed by atoms with Gasteiger partial charge in [-0.25, -0.2) is 0 Å². The number of aromatic nitrogens is 4. The Bertz CT molecular complexity index is 1320. The van der Waals surface area contributed by atoms with Gasteiger partial charge in [-0.3, -0.25) is 9.59 Å². The van der Waals surface area contributed by atoms with Crippen molar-refractivity contribution in [3.63, 3.8) is 0 Å². The van der Waals surface area contributed by atoms with E-state index in [0.29, 0.717) is 35.9 Å². The number of rotatable bonds is 9. The number of carbonyl (C=O) groups excluding carboxylic acids is 1. The van der Waals surface area contributed by atoms with Crippen molar-refractivity contribution in [2.24, 2.45) is 0 Å². The summed E-state index contributed by atoms with van der Waals surface area (Å²) in [6, 6.07) is 19.7. The number of fused-ring (bicyclic) bond motifs is 1. The van der Waals surface area contributed by atoms with E-state index in [1.54, 1.807) is 6.08 Å². The molecule has 0 aliphatic carbocycles. The van der Waals surface area contributed by atoms with Crippen molar-refractivity contribution in [3.05, 3.63) is 100 Å². The molecular weight excluding hydrogens is 414 g/mol. The second kappa shape index (κ2) is 10.1. The van der Waals surface area contributed by atoms with Crippen molar-refractivity contribution < 1.29 is 4.79 Å². The molecule has 0 radical (unpaired) electrons. The molecule has 33 heavy (non-hydrogen) atoms.